The van der Waals surface area contributed by atoms with Crippen LogP contribution < -0.4 is 14.8 Å². The molecule has 1 unspecified atom stereocenters. The molecular formula is C13H19NO3. The topological polar surface area (TPSA) is 39.7 Å². The summed E-state index contributed by atoms with van der Waals surface area (Å²) in [5.41, 5.74) is 0. The van der Waals surface area contributed by atoms with E-state index in [4.69, 9.17) is 14.2 Å². The first-order valence-electron chi connectivity index (χ1n) is 6.06. The van der Waals surface area contributed by atoms with Crippen LogP contribution in [-0.4, -0.2) is 39.0 Å². The first-order valence-corrected chi connectivity index (χ1v) is 6.06. The van der Waals surface area contributed by atoms with Crippen molar-refractivity contribution in [3.8, 4) is 11.5 Å². The molecule has 0 aliphatic carbocycles. The molecule has 0 amide bonds. The molecule has 1 aliphatic heterocycles. The Hall–Kier alpha value is -1.26. The molecule has 0 radical (unpaired) electrons. The van der Waals surface area contributed by atoms with Gasteiger partial charge in [-0.15, -0.1) is 0 Å². The third-order valence-corrected chi connectivity index (χ3v) is 2.58. The Balaban J connectivity index is 1.77. The second-order valence-electron chi connectivity index (χ2n) is 3.91. The molecule has 4 heteroatoms. The lowest BCUT2D eigenvalue weighted by molar-refractivity contribution is 0.000187. The van der Waals surface area contributed by atoms with Gasteiger partial charge in [-0.2, -0.15) is 0 Å². The van der Waals surface area contributed by atoms with Gasteiger partial charge in [-0.3, -0.25) is 0 Å². The van der Waals surface area contributed by atoms with Crippen LogP contribution in [0.3, 0.4) is 0 Å². The SMILES string of the molecule is CCOc1ccc(OCC2CNCCO2)cc1. The van der Waals surface area contributed by atoms with E-state index in [0.717, 1.165) is 31.2 Å². The maximum Gasteiger partial charge on any atom is 0.119 e. The zero-order valence-electron chi connectivity index (χ0n) is 10.1. The van der Waals surface area contributed by atoms with Crippen LogP contribution in [0.4, 0.5) is 0 Å². The Kier molecular flexibility index (Phi) is 4.64. The molecule has 0 aromatic heterocycles. The lowest BCUT2D eigenvalue weighted by Crippen LogP contribution is -2.41. The van der Waals surface area contributed by atoms with Gasteiger partial charge >= 0.3 is 0 Å². The predicted molar refractivity (Wildman–Crippen MR) is 65.7 cm³/mol. The Morgan fingerprint density at radius 2 is 1.94 bits per heavy atom. The highest BCUT2D eigenvalue weighted by Crippen LogP contribution is 2.17. The third-order valence-electron chi connectivity index (χ3n) is 2.58. The second kappa shape index (κ2) is 6.47. The van der Waals surface area contributed by atoms with E-state index in [1.54, 1.807) is 0 Å². The summed E-state index contributed by atoms with van der Waals surface area (Å²) < 4.78 is 16.6. The van der Waals surface area contributed by atoms with Crippen LogP contribution in [0.1, 0.15) is 6.92 Å². The van der Waals surface area contributed by atoms with Crippen molar-refractivity contribution in [2.75, 3.05) is 32.9 Å². The molecule has 1 aliphatic rings. The highest BCUT2D eigenvalue weighted by molar-refractivity contribution is 5.31. The fourth-order valence-corrected chi connectivity index (χ4v) is 1.71. The summed E-state index contributed by atoms with van der Waals surface area (Å²) in [7, 11) is 0. The van der Waals surface area contributed by atoms with Crippen molar-refractivity contribution in [1.82, 2.24) is 5.32 Å². The highest BCUT2D eigenvalue weighted by Gasteiger charge is 2.13. The first kappa shape index (κ1) is 12.2. The fourth-order valence-electron chi connectivity index (χ4n) is 1.71. The van der Waals surface area contributed by atoms with Crippen LogP contribution in [-0.2, 0) is 4.74 Å². The number of rotatable bonds is 5. The molecule has 1 atom stereocenters. The van der Waals surface area contributed by atoms with Crippen molar-refractivity contribution in [2.24, 2.45) is 0 Å². The molecule has 17 heavy (non-hydrogen) atoms. The van der Waals surface area contributed by atoms with Crippen molar-refractivity contribution >= 4 is 0 Å². The van der Waals surface area contributed by atoms with E-state index >= 15 is 0 Å². The first-order chi connectivity index (χ1) is 8.38. The molecule has 1 heterocycles. The average molecular weight is 237 g/mol. The lowest BCUT2D eigenvalue weighted by atomic mass is 10.3. The van der Waals surface area contributed by atoms with E-state index in [1.165, 1.54) is 0 Å². The smallest absolute Gasteiger partial charge is 0.119 e. The van der Waals surface area contributed by atoms with E-state index in [2.05, 4.69) is 5.32 Å². The summed E-state index contributed by atoms with van der Waals surface area (Å²) in [6, 6.07) is 7.67. The third kappa shape index (κ3) is 3.91. The summed E-state index contributed by atoms with van der Waals surface area (Å²) >= 11 is 0. The minimum absolute atomic E-state index is 0.148. The predicted octanol–water partition coefficient (Wildman–Crippen LogP) is 1.45. The minimum atomic E-state index is 0.148. The molecule has 1 aromatic carbocycles. The summed E-state index contributed by atoms with van der Waals surface area (Å²) in [6.07, 6.45) is 0.148. The average Bonchev–Trinajstić information content (AvgIpc) is 2.40. The molecule has 1 aromatic rings. The van der Waals surface area contributed by atoms with Crippen molar-refractivity contribution < 1.29 is 14.2 Å². The van der Waals surface area contributed by atoms with Crippen molar-refractivity contribution in [3.63, 3.8) is 0 Å². The molecule has 4 nitrogen and oxygen atoms in total. The normalized spacial score (nSPS) is 19.9. The molecule has 1 saturated heterocycles. The van der Waals surface area contributed by atoms with Gasteiger partial charge in [0.1, 0.15) is 24.2 Å². The lowest BCUT2D eigenvalue weighted by Gasteiger charge is -2.23. The number of nitrogens with one attached hydrogen (secondary N) is 1. The molecule has 0 saturated carbocycles. The molecule has 2 rings (SSSR count). The highest BCUT2D eigenvalue weighted by atomic mass is 16.5. The minimum Gasteiger partial charge on any atom is -0.494 e. The van der Waals surface area contributed by atoms with E-state index < -0.39 is 0 Å². The quantitative estimate of drug-likeness (QED) is 0.841. The van der Waals surface area contributed by atoms with Gasteiger partial charge in [-0.05, 0) is 31.2 Å². The Morgan fingerprint density at radius 1 is 1.24 bits per heavy atom. The van der Waals surface area contributed by atoms with Crippen LogP contribution >= 0.6 is 0 Å². The van der Waals surface area contributed by atoms with Crippen molar-refractivity contribution in [2.45, 2.75) is 13.0 Å². The van der Waals surface area contributed by atoms with Gasteiger partial charge in [-0.25, -0.2) is 0 Å². The zero-order valence-corrected chi connectivity index (χ0v) is 10.1. The van der Waals surface area contributed by atoms with Gasteiger partial charge in [-0.1, -0.05) is 0 Å². The Bertz CT molecular complexity index is 320. The number of hydrogen-bond acceptors (Lipinski definition) is 4. The van der Waals surface area contributed by atoms with Gasteiger partial charge in [0.25, 0.3) is 0 Å². The standard InChI is InChI=1S/C13H19NO3/c1-2-15-11-3-5-12(6-4-11)17-10-13-9-14-7-8-16-13/h3-6,13-14H,2,7-10H2,1H3. The van der Waals surface area contributed by atoms with E-state index in [9.17, 15) is 0 Å². The number of benzene rings is 1. The Morgan fingerprint density at radius 3 is 2.53 bits per heavy atom. The summed E-state index contributed by atoms with van der Waals surface area (Å²) in [6.45, 7) is 5.79. The van der Waals surface area contributed by atoms with E-state index in [1.807, 2.05) is 31.2 Å². The molecule has 0 spiro atoms. The second-order valence-corrected chi connectivity index (χ2v) is 3.91. The molecule has 0 bridgehead atoms. The number of morpholine rings is 1. The summed E-state index contributed by atoms with van der Waals surface area (Å²) in [4.78, 5) is 0. The van der Waals surface area contributed by atoms with Crippen molar-refractivity contribution in [1.29, 1.82) is 0 Å². The van der Waals surface area contributed by atoms with Crippen LogP contribution in [0.25, 0.3) is 0 Å². The van der Waals surface area contributed by atoms with Gasteiger partial charge in [0, 0.05) is 13.1 Å². The molecule has 1 N–H and O–H groups in total. The van der Waals surface area contributed by atoms with Gasteiger partial charge < -0.3 is 19.5 Å². The van der Waals surface area contributed by atoms with E-state index in [0.29, 0.717) is 13.2 Å². The summed E-state index contributed by atoms with van der Waals surface area (Å²) in [5.74, 6) is 1.72. The van der Waals surface area contributed by atoms with Crippen LogP contribution in [0.15, 0.2) is 24.3 Å². The molecule has 1 fully saturated rings. The fraction of sp³-hybridized carbons (Fsp3) is 0.538. The number of hydrogen-bond donors (Lipinski definition) is 1. The van der Waals surface area contributed by atoms with Crippen molar-refractivity contribution in [3.05, 3.63) is 24.3 Å². The zero-order chi connectivity index (χ0) is 11.9. The molecular weight excluding hydrogens is 218 g/mol. The van der Waals surface area contributed by atoms with Crippen LogP contribution in [0.5, 0.6) is 11.5 Å². The monoisotopic (exact) mass is 237 g/mol. The Labute approximate surface area is 102 Å². The van der Waals surface area contributed by atoms with Crippen LogP contribution in [0, 0.1) is 0 Å². The maximum atomic E-state index is 5.66. The van der Waals surface area contributed by atoms with Gasteiger partial charge in [0.2, 0.25) is 0 Å². The van der Waals surface area contributed by atoms with Crippen LogP contribution in [0.2, 0.25) is 0 Å². The largest absolute Gasteiger partial charge is 0.494 e. The van der Waals surface area contributed by atoms with E-state index in [-0.39, 0.29) is 6.10 Å². The molecule has 94 valence electrons. The number of ether oxygens (including phenoxy) is 3. The van der Waals surface area contributed by atoms with Gasteiger partial charge in [0.05, 0.1) is 13.2 Å². The maximum absolute atomic E-state index is 5.66. The van der Waals surface area contributed by atoms with Gasteiger partial charge in [0.15, 0.2) is 0 Å². The summed E-state index contributed by atoms with van der Waals surface area (Å²) in [5, 5.41) is 3.27.